The molecule has 1 fully saturated rings. The van der Waals surface area contributed by atoms with Crippen LogP contribution in [0.5, 0.6) is 0 Å². The highest BCUT2D eigenvalue weighted by Gasteiger charge is 2.37. The van der Waals surface area contributed by atoms with Gasteiger partial charge in [0.1, 0.15) is 11.8 Å². The van der Waals surface area contributed by atoms with E-state index in [9.17, 15) is 19.8 Å². The summed E-state index contributed by atoms with van der Waals surface area (Å²) in [6.07, 6.45) is 3.04. The summed E-state index contributed by atoms with van der Waals surface area (Å²) in [5.41, 5.74) is 3.28. The predicted molar refractivity (Wildman–Crippen MR) is 184 cm³/mol. The van der Waals surface area contributed by atoms with E-state index in [-0.39, 0.29) is 24.8 Å². The summed E-state index contributed by atoms with van der Waals surface area (Å²) in [4.78, 5) is 35.9. The number of nitrogens with zero attached hydrogens (tertiary/aromatic N) is 3. The molecular weight excluding hydrogens is 606 g/mol. The number of nitrogens with one attached hydrogen (secondary N) is 2. The van der Waals surface area contributed by atoms with Crippen molar-refractivity contribution in [1.82, 2.24) is 25.4 Å². The van der Waals surface area contributed by atoms with Gasteiger partial charge in [-0.2, -0.15) is 0 Å². The third-order valence-corrected chi connectivity index (χ3v) is 9.33. The van der Waals surface area contributed by atoms with Gasteiger partial charge in [0.2, 0.25) is 11.8 Å². The Hall–Kier alpha value is -4.09. The fraction of sp³-hybridized carbons (Fsp3) is 0.447. The number of aromatic nitrogens is 1. The number of pyridine rings is 1. The zero-order valence-corrected chi connectivity index (χ0v) is 28.0. The van der Waals surface area contributed by atoms with Gasteiger partial charge in [0, 0.05) is 55.6 Å². The third-order valence-electron chi connectivity index (χ3n) is 9.33. The van der Waals surface area contributed by atoms with Crippen molar-refractivity contribution >= 4 is 22.8 Å². The molecule has 5 atom stereocenters. The molecule has 4 aromatic rings. The van der Waals surface area contributed by atoms with E-state index >= 15 is 0 Å². The summed E-state index contributed by atoms with van der Waals surface area (Å²) >= 11 is 0. The summed E-state index contributed by atoms with van der Waals surface area (Å²) in [7, 11) is 0. The molecule has 48 heavy (non-hydrogen) atoms. The molecule has 0 radical (unpaired) electrons. The Balaban J connectivity index is 1.15. The molecule has 1 unspecified atom stereocenters. The van der Waals surface area contributed by atoms with Crippen LogP contribution in [0.1, 0.15) is 55.7 Å². The first-order valence-electron chi connectivity index (χ1n) is 16.9. The Morgan fingerprint density at radius 3 is 2.60 bits per heavy atom. The monoisotopic (exact) mass is 653 g/mol. The highest BCUT2D eigenvalue weighted by Crippen LogP contribution is 2.32. The molecule has 1 aliphatic heterocycles. The number of rotatable bonds is 11. The maximum atomic E-state index is 13.9. The highest BCUT2D eigenvalue weighted by atomic mass is 16.3. The van der Waals surface area contributed by atoms with Crippen molar-refractivity contribution in [3.05, 3.63) is 102 Å². The minimum Gasteiger partial charge on any atom is -0.458 e. The Morgan fingerprint density at radius 1 is 1.06 bits per heavy atom. The molecule has 3 heterocycles. The molecule has 2 aromatic carbocycles. The molecule has 6 rings (SSSR count). The first-order chi connectivity index (χ1) is 23.0. The molecule has 4 N–H and O–H groups in total. The number of aliphatic hydroxyl groups is 2. The second kappa shape index (κ2) is 14.6. The third kappa shape index (κ3) is 8.30. The maximum Gasteiger partial charge on any atom is 0.239 e. The Labute approximate surface area is 282 Å². The number of carbonyl (C=O) groups excluding carboxylic acids is 2. The average molecular weight is 654 g/mol. The number of benzene rings is 2. The standard InChI is InChI=1S/C38H47N5O5/c1-38(2,3)41-37(47)32-24-42(23-30-19-27-13-14-39-21-34(27)48-30)15-16-43(32)22-29(44)18-28(17-25-9-5-4-6-10-25)36(46)40-35-31-12-8-7-11-26(31)20-33(35)45/h4-14,19,21,28-29,32-33,35,44-45H,15-18,20,22-24H2,1-3H3,(H,40,46)(H,41,47)/t28-,29+,32+,33-,35?/m1/s1. The van der Waals surface area contributed by atoms with Crippen molar-refractivity contribution < 1.29 is 24.2 Å². The molecule has 2 amide bonds. The molecule has 0 bridgehead atoms. The lowest BCUT2D eigenvalue weighted by atomic mass is 9.91. The summed E-state index contributed by atoms with van der Waals surface area (Å²) in [6, 6.07) is 20.5. The average Bonchev–Trinajstić information content (AvgIpc) is 3.60. The smallest absolute Gasteiger partial charge is 0.239 e. The fourth-order valence-corrected chi connectivity index (χ4v) is 7.05. The first kappa shape index (κ1) is 33.8. The van der Waals surface area contributed by atoms with Gasteiger partial charge in [-0.15, -0.1) is 0 Å². The first-order valence-corrected chi connectivity index (χ1v) is 16.9. The van der Waals surface area contributed by atoms with Gasteiger partial charge in [0.25, 0.3) is 0 Å². The lowest BCUT2D eigenvalue weighted by Crippen LogP contribution is -2.61. The Bertz CT molecular complexity index is 1670. The maximum absolute atomic E-state index is 13.9. The minimum absolute atomic E-state index is 0.0966. The molecule has 10 nitrogen and oxygen atoms in total. The highest BCUT2D eigenvalue weighted by molar-refractivity contribution is 5.83. The number of piperazine rings is 1. The van der Waals surface area contributed by atoms with Gasteiger partial charge in [-0.3, -0.25) is 24.4 Å². The molecule has 10 heteroatoms. The van der Waals surface area contributed by atoms with Gasteiger partial charge in [0.05, 0.1) is 31.0 Å². The molecule has 0 saturated carbocycles. The summed E-state index contributed by atoms with van der Waals surface area (Å²) < 4.78 is 6.02. The molecule has 1 aliphatic carbocycles. The number of hydrogen-bond donors (Lipinski definition) is 4. The van der Waals surface area contributed by atoms with Crippen LogP contribution >= 0.6 is 0 Å². The van der Waals surface area contributed by atoms with Crippen molar-refractivity contribution in [2.45, 2.75) is 76.4 Å². The largest absolute Gasteiger partial charge is 0.458 e. The Kier molecular flexibility index (Phi) is 10.3. The molecule has 2 aromatic heterocycles. The topological polar surface area (TPSA) is 131 Å². The van der Waals surface area contributed by atoms with Crippen molar-refractivity contribution in [3.8, 4) is 0 Å². The quantitative estimate of drug-likeness (QED) is 0.193. The van der Waals surface area contributed by atoms with Crippen LogP contribution in [0.2, 0.25) is 0 Å². The molecule has 254 valence electrons. The van der Waals surface area contributed by atoms with E-state index in [1.807, 2.05) is 92.4 Å². The van der Waals surface area contributed by atoms with Gasteiger partial charge in [0.15, 0.2) is 5.58 Å². The lowest BCUT2D eigenvalue weighted by Gasteiger charge is -2.42. The van der Waals surface area contributed by atoms with E-state index in [1.165, 1.54) is 0 Å². The number of furan rings is 1. The zero-order valence-electron chi connectivity index (χ0n) is 28.0. The van der Waals surface area contributed by atoms with E-state index in [4.69, 9.17) is 4.42 Å². The van der Waals surface area contributed by atoms with Gasteiger partial charge in [-0.25, -0.2) is 0 Å². The van der Waals surface area contributed by atoms with E-state index in [0.717, 1.165) is 33.4 Å². The second-order valence-corrected chi connectivity index (χ2v) is 14.3. The van der Waals surface area contributed by atoms with Crippen LogP contribution in [-0.2, 0) is 29.0 Å². The number of amides is 2. The van der Waals surface area contributed by atoms with Crippen LogP contribution in [0.15, 0.2) is 83.5 Å². The van der Waals surface area contributed by atoms with Crippen LogP contribution < -0.4 is 10.6 Å². The zero-order chi connectivity index (χ0) is 33.8. The van der Waals surface area contributed by atoms with Crippen LogP contribution in [0.25, 0.3) is 11.0 Å². The van der Waals surface area contributed by atoms with Crippen LogP contribution in [0.3, 0.4) is 0 Å². The van der Waals surface area contributed by atoms with E-state index in [1.54, 1.807) is 12.4 Å². The minimum atomic E-state index is -0.857. The second-order valence-electron chi connectivity index (χ2n) is 14.3. The van der Waals surface area contributed by atoms with Gasteiger partial charge >= 0.3 is 0 Å². The number of fused-ring (bicyclic) bond motifs is 2. The summed E-state index contributed by atoms with van der Waals surface area (Å²) in [5, 5.41) is 29.6. The van der Waals surface area contributed by atoms with Crippen molar-refractivity contribution in [2.75, 3.05) is 26.2 Å². The number of β-amino-alcohol motifs (C(OH)–C–C–N with tert-alkyl or cyclic N) is 1. The van der Waals surface area contributed by atoms with Crippen LogP contribution in [0, 0.1) is 5.92 Å². The number of hydrogen-bond acceptors (Lipinski definition) is 8. The molecule has 2 aliphatic rings. The fourth-order valence-electron chi connectivity index (χ4n) is 7.05. The van der Waals surface area contributed by atoms with Crippen molar-refractivity contribution in [1.29, 1.82) is 0 Å². The van der Waals surface area contributed by atoms with Crippen molar-refractivity contribution in [2.24, 2.45) is 5.92 Å². The summed E-state index contributed by atoms with van der Waals surface area (Å²) in [6.45, 7) is 8.41. The Morgan fingerprint density at radius 2 is 1.83 bits per heavy atom. The van der Waals surface area contributed by atoms with Gasteiger partial charge in [-0.1, -0.05) is 54.6 Å². The van der Waals surface area contributed by atoms with Crippen LogP contribution in [-0.4, -0.2) is 86.8 Å². The van der Waals surface area contributed by atoms with E-state index < -0.39 is 35.7 Å². The predicted octanol–water partition coefficient (Wildman–Crippen LogP) is 3.61. The summed E-state index contributed by atoms with van der Waals surface area (Å²) in [5.74, 6) is -0.0217. The number of carbonyl (C=O) groups is 2. The van der Waals surface area contributed by atoms with Crippen molar-refractivity contribution in [3.63, 3.8) is 0 Å². The van der Waals surface area contributed by atoms with E-state index in [0.29, 0.717) is 39.0 Å². The SMILES string of the molecule is CC(C)(C)NC(=O)[C@@H]1CN(Cc2cc3ccncc3o2)CCN1C[C@@H](O)C[C@@H](Cc1ccccc1)C(=O)NC1c2ccccc2C[C@H]1O. The lowest BCUT2D eigenvalue weighted by molar-refractivity contribution is -0.132. The normalized spacial score (nSPS) is 21.5. The van der Waals surface area contributed by atoms with E-state index in [2.05, 4.69) is 20.5 Å². The molecule has 0 spiro atoms. The van der Waals surface area contributed by atoms with Crippen LogP contribution in [0.4, 0.5) is 0 Å². The molecular formula is C38H47N5O5. The molecule has 1 saturated heterocycles. The van der Waals surface area contributed by atoms with Gasteiger partial charge in [-0.05, 0) is 62.4 Å². The van der Waals surface area contributed by atoms with Gasteiger partial charge < -0.3 is 25.3 Å². The number of aliphatic hydroxyl groups excluding tert-OH is 2.